The smallest absolute Gasteiger partial charge is 0.389 e. The molecule has 1 unspecified atom stereocenters. The largest absolute Gasteiger partial charge is 0.683 e. The predicted octanol–water partition coefficient (Wildman–Crippen LogP) is 6.53. The zero-order valence-electron chi connectivity index (χ0n) is 14.3. The summed E-state index contributed by atoms with van der Waals surface area (Å²) in [5, 5.41) is 4.96. The summed E-state index contributed by atoms with van der Waals surface area (Å²) in [5.41, 5.74) is -0.224. The van der Waals surface area contributed by atoms with E-state index in [1.54, 1.807) is 25.1 Å². The summed E-state index contributed by atoms with van der Waals surface area (Å²) in [6, 6.07) is 6.27. The molecule has 0 amide bonds. The Morgan fingerprint density at radius 2 is 1.96 bits per heavy atom. The van der Waals surface area contributed by atoms with Crippen LogP contribution in [-0.4, -0.2) is 17.7 Å². The number of fused-ring (bicyclic) bond motifs is 1. The molecule has 2 nitrogen and oxygen atoms in total. The summed E-state index contributed by atoms with van der Waals surface area (Å²) in [6.45, 7) is 3.76. The summed E-state index contributed by atoms with van der Waals surface area (Å²) >= 11 is 0. The highest BCUT2D eigenvalue weighted by atomic mass is 19.4. The van der Waals surface area contributed by atoms with Crippen LogP contribution in [0, 0.1) is 16.6 Å². The standard InChI is InChI=1S/C19H21F4N2/c1-17(6-7-17)10-18(2,11-19(21,22)23)12-25-14-8-13-4-3-5-15(20)16(13)24-9-14/h3-5,8-9H,6-7,10-12H2,1-2H3/q-1. The first-order chi connectivity index (χ1) is 11.6. The molecule has 1 atom stereocenters. The van der Waals surface area contributed by atoms with Crippen molar-refractivity contribution in [2.24, 2.45) is 10.8 Å². The minimum absolute atomic E-state index is 0.000281. The second-order valence-electron chi connectivity index (χ2n) is 7.91. The lowest BCUT2D eigenvalue weighted by molar-refractivity contribution is -0.157. The van der Waals surface area contributed by atoms with Crippen molar-refractivity contribution in [3.8, 4) is 0 Å². The average Bonchev–Trinajstić information content (AvgIpc) is 3.20. The van der Waals surface area contributed by atoms with Gasteiger partial charge in [0.1, 0.15) is 11.3 Å². The van der Waals surface area contributed by atoms with Gasteiger partial charge in [-0.15, -0.1) is 12.2 Å². The van der Waals surface area contributed by atoms with Crippen LogP contribution >= 0.6 is 0 Å². The van der Waals surface area contributed by atoms with Gasteiger partial charge in [0.05, 0.1) is 0 Å². The lowest BCUT2D eigenvalue weighted by Gasteiger charge is -2.40. The van der Waals surface area contributed by atoms with Gasteiger partial charge in [-0.05, 0) is 36.2 Å². The van der Waals surface area contributed by atoms with Gasteiger partial charge in [0.2, 0.25) is 0 Å². The normalized spacial score (nSPS) is 18.8. The molecular formula is C19H21F4N2-. The number of rotatable bonds is 6. The van der Waals surface area contributed by atoms with E-state index >= 15 is 0 Å². The van der Waals surface area contributed by atoms with Crippen LogP contribution in [0.5, 0.6) is 0 Å². The monoisotopic (exact) mass is 353 g/mol. The van der Waals surface area contributed by atoms with E-state index in [2.05, 4.69) is 10.3 Å². The van der Waals surface area contributed by atoms with E-state index in [-0.39, 0.29) is 17.5 Å². The number of benzene rings is 1. The Hall–Kier alpha value is -1.85. The molecule has 0 spiro atoms. The maximum absolute atomic E-state index is 13.7. The summed E-state index contributed by atoms with van der Waals surface area (Å²) in [6.07, 6.45) is -1.22. The molecule has 3 rings (SSSR count). The van der Waals surface area contributed by atoms with Crippen molar-refractivity contribution in [3.05, 3.63) is 41.6 Å². The fourth-order valence-electron chi connectivity index (χ4n) is 3.56. The minimum atomic E-state index is -4.22. The zero-order chi connectivity index (χ0) is 18.3. The molecule has 1 heterocycles. The second kappa shape index (κ2) is 6.15. The topological polar surface area (TPSA) is 27.0 Å². The Kier molecular flexibility index (Phi) is 4.41. The molecule has 0 saturated heterocycles. The van der Waals surface area contributed by atoms with Gasteiger partial charge < -0.3 is 5.32 Å². The van der Waals surface area contributed by atoms with Crippen LogP contribution in [0.3, 0.4) is 0 Å². The van der Waals surface area contributed by atoms with Crippen LogP contribution in [-0.2, 0) is 0 Å². The van der Waals surface area contributed by atoms with E-state index in [0.29, 0.717) is 17.5 Å². The van der Waals surface area contributed by atoms with Crippen LogP contribution in [0.2, 0.25) is 0 Å². The summed E-state index contributed by atoms with van der Waals surface area (Å²) in [4.78, 5) is 4.05. The third-order valence-corrected chi connectivity index (χ3v) is 4.87. The van der Waals surface area contributed by atoms with Crippen LogP contribution in [0.4, 0.5) is 23.2 Å². The highest BCUT2D eigenvalue weighted by Crippen LogP contribution is 2.55. The van der Waals surface area contributed by atoms with Crippen molar-refractivity contribution in [2.75, 3.05) is 6.54 Å². The summed E-state index contributed by atoms with van der Waals surface area (Å²) < 4.78 is 52.7. The fraction of sp³-hybridized carbons (Fsp3) is 0.526. The number of hydrogen-bond donors (Lipinski definition) is 0. The number of alkyl halides is 3. The number of nitrogens with zero attached hydrogens (tertiary/aromatic N) is 2. The molecule has 0 radical (unpaired) electrons. The number of hydrogen-bond acceptors (Lipinski definition) is 1. The van der Waals surface area contributed by atoms with E-state index in [0.717, 1.165) is 12.8 Å². The maximum atomic E-state index is 13.7. The van der Waals surface area contributed by atoms with Gasteiger partial charge in [-0.3, -0.25) is 4.98 Å². The van der Waals surface area contributed by atoms with Crippen molar-refractivity contribution in [2.45, 2.75) is 45.7 Å². The molecule has 1 fully saturated rings. The van der Waals surface area contributed by atoms with Crippen molar-refractivity contribution in [3.63, 3.8) is 0 Å². The summed E-state index contributed by atoms with van der Waals surface area (Å²) in [5.74, 6) is -0.424. The van der Waals surface area contributed by atoms with Crippen LogP contribution in [0.15, 0.2) is 30.5 Å². The maximum Gasteiger partial charge on any atom is 0.389 e. The highest BCUT2D eigenvalue weighted by molar-refractivity contribution is 5.82. The van der Waals surface area contributed by atoms with E-state index in [9.17, 15) is 17.6 Å². The number of aromatic nitrogens is 1. The molecule has 136 valence electrons. The minimum Gasteiger partial charge on any atom is -0.683 e. The van der Waals surface area contributed by atoms with Crippen molar-refractivity contribution >= 4 is 16.6 Å². The third kappa shape index (κ3) is 4.61. The molecule has 0 N–H and O–H groups in total. The van der Waals surface area contributed by atoms with Gasteiger partial charge in [0.25, 0.3) is 0 Å². The van der Waals surface area contributed by atoms with Crippen molar-refractivity contribution in [1.29, 1.82) is 0 Å². The second-order valence-corrected chi connectivity index (χ2v) is 7.91. The Bertz CT molecular complexity index is 758. The van der Waals surface area contributed by atoms with Gasteiger partial charge in [0, 0.05) is 18.0 Å². The van der Waals surface area contributed by atoms with Crippen molar-refractivity contribution < 1.29 is 17.6 Å². The first kappa shape index (κ1) is 18.0. The lowest BCUT2D eigenvalue weighted by Crippen LogP contribution is -2.30. The van der Waals surface area contributed by atoms with Gasteiger partial charge in [-0.2, -0.15) is 13.2 Å². The highest BCUT2D eigenvalue weighted by Gasteiger charge is 2.46. The lowest BCUT2D eigenvalue weighted by atomic mass is 9.77. The average molecular weight is 353 g/mol. The van der Waals surface area contributed by atoms with Gasteiger partial charge in [-0.25, -0.2) is 4.39 Å². The molecule has 1 aliphatic rings. The Balaban J connectivity index is 1.76. The molecular weight excluding hydrogens is 332 g/mol. The molecule has 1 aromatic carbocycles. The fourth-order valence-corrected chi connectivity index (χ4v) is 3.56. The van der Waals surface area contributed by atoms with Gasteiger partial charge in [0.15, 0.2) is 0 Å². The molecule has 1 aromatic heterocycles. The molecule has 1 aliphatic carbocycles. The Morgan fingerprint density at radius 1 is 1.24 bits per heavy atom. The zero-order valence-corrected chi connectivity index (χ0v) is 14.3. The number of pyridine rings is 1. The first-order valence-electron chi connectivity index (χ1n) is 8.36. The third-order valence-electron chi connectivity index (χ3n) is 4.87. The number of para-hydroxylation sites is 1. The SMILES string of the molecule is CC1(CC(C)(C[N-]c2cnc3c(F)cccc3c2)CC(F)(F)F)CC1. The number of halogens is 4. The van der Waals surface area contributed by atoms with E-state index in [1.807, 2.05) is 6.92 Å². The quantitative estimate of drug-likeness (QED) is 0.543. The molecule has 1 saturated carbocycles. The molecule has 0 aliphatic heterocycles. The van der Waals surface area contributed by atoms with Crippen molar-refractivity contribution in [1.82, 2.24) is 4.98 Å². The molecule has 0 bridgehead atoms. The Labute approximate surface area is 144 Å². The van der Waals surface area contributed by atoms with Gasteiger partial charge >= 0.3 is 6.18 Å². The van der Waals surface area contributed by atoms with E-state index in [1.165, 1.54) is 12.3 Å². The molecule has 2 aromatic rings. The molecule has 6 heteroatoms. The Morgan fingerprint density at radius 3 is 2.60 bits per heavy atom. The van der Waals surface area contributed by atoms with Crippen LogP contribution in [0.1, 0.15) is 39.5 Å². The summed E-state index contributed by atoms with van der Waals surface area (Å²) in [7, 11) is 0. The van der Waals surface area contributed by atoms with Crippen LogP contribution in [0.25, 0.3) is 16.2 Å². The van der Waals surface area contributed by atoms with E-state index < -0.39 is 23.8 Å². The van der Waals surface area contributed by atoms with Gasteiger partial charge in [-0.1, -0.05) is 32.0 Å². The van der Waals surface area contributed by atoms with Crippen LogP contribution < -0.4 is 0 Å². The molecule has 25 heavy (non-hydrogen) atoms. The predicted molar refractivity (Wildman–Crippen MR) is 90.3 cm³/mol. The van der Waals surface area contributed by atoms with E-state index in [4.69, 9.17) is 0 Å². The first-order valence-corrected chi connectivity index (χ1v) is 8.36.